The van der Waals surface area contributed by atoms with Crippen molar-refractivity contribution in [2.24, 2.45) is 0 Å². The second kappa shape index (κ2) is 7.65. The minimum Gasteiger partial charge on any atom is -0.481 e. The summed E-state index contributed by atoms with van der Waals surface area (Å²) in [5, 5.41) is 21.8. The lowest BCUT2D eigenvalue weighted by molar-refractivity contribution is -0.387. The summed E-state index contributed by atoms with van der Waals surface area (Å²) in [6, 6.07) is 17.1. The zero-order valence-electron chi connectivity index (χ0n) is 14.6. The van der Waals surface area contributed by atoms with Gasteiger partial charge in [0.15, 0.2) is 4.90 Å². The first-order valence-corrected chi connectivity index (χ1v) is 9.72. The van der Waals surface area contributed by atoms with Crippen LogP contribution in [0.3, 0.4) is 0 Å². The van der Waals surface area contributed by atoms with E-state index < -0.39 is 37.9 Å². The van der Waals surface area contributed by atoms with Gasteiger partial charge in [-0.1, -0.05) is 48.5 Å². The van der Waals surface area contributed by atoms with Crippen molar-refractivity contribution < 1.29 is 23.2 Å². The Bertz CT molecular complexity index is 1150. The molecule has 0 saturated heterocycles. The summed E-state index contributed by atoms with van der Waals surface area (Å²) in [6.07, 6.45) is -0.455. The number of carboxylic acids is 1. The smallest absolute Gasteiger partial charge is 0.305 e. The van der Waals surface area contributed by atoms with Crippen molar-refractivity contribution in [1.82, 2.24) is 0 Å². The topological polar surface area (TPSA) is 118 Å². The summed E-state index contributed by atoms with van der Waals surface area (Å²) in [4.78, 5) is 21.2. The van der Waals surface area contributed by atoms with E-state index in [1.807, 2.05) is 0 Å². The lowest BCUT2D eigenvalue weighted by Crippen LogP contribution is -2.33. The molecular weight excluding hydrogens is 384 g/mol. The van der Waals surface area contributed by atoms with Gasteiger partial charge in [0.1, 0.15) is 0 Å². The van der Waals surface area contributed by atoms with Crippen molar-refractivity contribution in [3.63, 3.8) is 0 Å². The molecule has 0 amide bonds. The van der Waals surface area contributed by atoms with E-state index in [9.17, 15) is 23.3 Å². The fraction of sp³-hybridized carbons (Fsp3) is 0.105. The summed E-state index contributed by atoms with van der Waals surface area (Å²) >= 11 is 0. The maximum absolute atomic E-state index is 13.3. The van der Waals surface area contributed by atoms with Crippen molar-refractivity contribution >= 4 is 38.1 Å². The fourth-order valence-corrected chi connectivity index (χ4v) is 4.58. The second-order valence-electron chi connectivity index (χ2n) is 5.94. The van der Waals surface area contributed by atoms with Crippen LogP contribution in [-0.4, -0.2) is 31.0 Å². The van der Waals surface area contributed by atoms with Gasteiger partial charge in [0, 0.05) is 18.0 Å². The van der Waals surface area contributed by atoms with E-state index >= 15 is 0 Å². The van der Waals surface area contributed by atoms with E-state index in [1.165, 1.54) is 12.1 Å². The van der Waals surface area contributed by atoms with Crippen LogP contribution in [0.5, 0.6) is 0 Å². The van der Waals surface area contributed by atoms with Gasteiger partial charge in [-0.3, -0.25) is 19.2 Å². The highest BCUT2D eigenvalue weighted by atomic mass is 32.2. The molecule has 0 saturated carbocycles. The molecule has 1 N–H and O–H groups in total. The summed E-state index contributed by atoms with van der Waals surface area (Å²) in [5.74, 6) is -1.18. The highest BCUT2D eigenvalue weighted by Crippen LogP contribution is 2.34. The summed E-state index contributed by atoms with van der Waals surface area (Å²) in [5.41, 5.74) is -0.305. The molecule has 0 aliphatic heterocycles. The number of nitro groups is 1. The van der Waals surface area contributed by atoms with Gasteiger partial charge in [-0.25, -0.2) is 8.42 Å². The third-order valence-corrected chi connectivity index (χ3v) is 6.05. The zero-order chi connectivity index (χ0) is 20.3. The average molecular weight is 400 g/mol. The van der Waals surface area contributed by atoms with Crippen LogP contribution in [0.2, 0.25) is 0 Å². The van der Waals surface area contributed by atoms with Crippen LogP contribution < -0.4 is 4.31 Å². The summed E-state index contributed by atoms with van der Waals surface area (Å²) < 4.78 is 27.6. The molecule has 0 aromatic heterocycles. The molecule has 0 heterocycles. The van der Waals surface area contributed by atoms with E-state index in [-0.39, 0.29) is 12.2 Å². The Hall–Kier alpha value is -3.46. The molecule has 0 atom stereocenters. The lowest BCUT2D eigenvalue weighted by Gasteiger charge is -2.25. The van der Waals surface area contributed by atoms with Crippen LogP contribution >= 0.6 is 0 Å². The number of nitrogens with zero attached hydrogens (tertiary/aromatic N) is 2. The molecule has 0 radical (unpaired) electrons. The first kappa shape index (κ1) is 19.3. The molecule has 9 heteroatoms. The van der Waals surface area contributed by atoms with Gasteiger partial charge < -0.3 is 5.11 Å². The molecule has 3 rings (SSSR count). The van der Waals surface area contributed by atoms with Crippen LogP contribution in [0, 0.1) is 10.1 Å². The first-order chi connectivity index (χ1) is 13.3. The number of hydrogen-bond donors (Lipinski definition) is 1. The summed E-state index contributed by atoms with van der Waals surface area (Å²) in [7, 11) is -4.39. The number of para-hydroxylation sites is 1. The van der Waals surface area contributed by atoms with Crippen molar-refractivity contribution in [3.8, 4) is 0 Å². The molecule has 3 aromatic rings. The Kier molecular flexibility index (Phi) is 5.27. The highest BCUT2D eigenvalue weighted by Gasteiger charge is 2.32. The molecule has 0 aliphatic carbocycles. The number of benzene rings is 3. The van der Waals surface area contributed by atoms with Crippen molar-refractivity contribution in [2.75, 3.05) is 10.8 Å². The first-order valence-electron chi connectivity index (χ1n) is 8.28. The molecule has 28 heavy (non-hydrogen) atoms. The molecule has 0 spiro atoms. The van der Waals surface area contributed by atoms with Gasteiger partial charge in [-0.2, -0.15) is 0 Å². The monoisotopic (exact) mass is 400 g/mol. The van der Waals surface area contributed by atoms with E-state index in [0.717, 1.165) is 21.8 Å². The Morgan fingerprint density at radius 1 is 1.00 bits per heavy atom. The van der Waals surface area contributed by atoms with E-state index in [1.54, 1.807) is 42.5 Å². The molecule has 0 unspecified atom stereocenters. The summed E-state index contributed by atoms with van der Waals surface area (Å²) in [6.45, 7) is -0.363. The Balaban J connectivity index is 2.23. The lowest BCUT2D eigenvalue weighted by atomic mass is 10.1. The normalized spacial score (nSPS) is 11.3. The molecule has 8 nitrogen and oxygen atoms in total. The standard InChI is InChI=1S/C19H16N2O6S/c22-19(23)12-13-20(16-10-5-7-14-6-1-2-8-15(14)16)28(26,27)18-11-4-3-9-17(18)21(24)25/h1-11H,12-13H2,(H,22,23). The quantitative estimate of drug-likeness (QED) is 0.480. The van der Waals surface area contributed by atoms with Crippen LogP contribution in [0.4, 0.5) is 11.4 Å². The van der Waals surface area contributed by atoms with Crippen LogP contribution in [-0.2, 0) is 14.8 Å². The van der Waals surface area contributed by atoms with Gasteiger partial charge in [0.2, 0.25) is 0 Å². The second-order valence-corrected chi connectivity index (χ2v) is 7.77. The third-order valence-electron chi connectivity index (χ3n) is 4.19. The number of carbonyl (C=O) groups is 1. The largest absolute Gasteiger partial charge is 0.481 e. The van der Waals surface area contributed by atoms with E-state index in [2.05, 4.69) is 0 Å². The molecular formula is C19H16N2O6S. The minimum atomic E-state index is -4.39. The average Bonchev–Trinajstić information content (AvgIpc) is 2.68. The van der Waals surface area contributed by atoms with E-state index in [0.29, 0.717) is 5.39 Å². The van der Waals surface area contributed by atoms with Gasteiger partial charge in [0.05, 0.1) is 17.0 Å². The van der Waals surface area contributed by atoms with Crippen molar-refractivity contribution in [1.29, 1.82) is 0 Å². The number of aliphatic carboxylic acids is 1. The predicted octanol–water partition coefficient (Wildman–Crippen LogP) is 3.42. The number of nitro benzene ring substituents is 1. The molecule has 3 aromatic carbocycles. The van der Waals surface area contributed by atoms with Crippen LogP contribution in [0.25, 0.3) is 10.8 Å². The Morgan fingerprint density at radius 3 is 2.36 bits per heavy atom. The number of carboxylic acid groups (broad SMARTS) is 1. The van der Waals surface area contributed by atoms with Gasteiger partial charge in [-0.15, -0.1) is 0 Å². The number of rotatable bonds is 7. The Morgan fingerprint density at radius 2 is 1.64 bits per heavy atom. The third kappa shape index (κ3) is 3.65. The number of fused-ring (bicyclic) bond motifs is 1. The van der Waals surface area contributed by atoms with Crippen LogP contribution in [0.1, 0.15) is 6.42 Å². The zero-order valence-corrected chi connectivity index (χ0v) is 15.4. The van der Waals surface area contributed by atoms with Crippen LogP contribution in [0.15, 0.2) is 71.6 Å². The number of sulfonamides is 1. The molecule has 0 fully saturated rings. The minimum absolute atomic E-state index is 0.262. The maximum Gasteiger partial charge on any atom is 0.305 e. The van der Waals surface area contributed by atoms with Gasteiger partial charge in [0.25, 0.3) is 15.7 Å². The fourth-order valence-electron chi connectivity index (χ4n) is 2.94. The van der Waals surface area contributed by atoms with E-state index in [4.69, 9.17) is 5.11 Å². The van der Waals surface area contributed by atoms with Gasteiger partial charge in [-0.05, 0) is 17.5 Å². The Labute approximate surface area is 160 Å². The number of anilines is 1. The molecule has 0 aliphatic rings. The van der Waals surface area contributed by atoms with Gasteiger partial charge >= 0.3 is 5.97 Å². The highest BCUT2D eigenvalue weighted by molar-refractivity contribution is 7.93. The van der Waals surface area contributed by atoms with Crippen molar-refractivity contribution in [3.05, 3.63) is 76.8 Å². The number of hydrogen-bond acceptors (Lipinski definition) is 5. The maximum atomic E-state index is 13.3. The SMILES string of the molecule is O=C(O)CCN(c1cccc2ccccc12)S(=O)(=O)c1ccccc1[N+](=O)[O-]. The predicted molar refractivity (Wildman–Crippen MR) is 104 cm³/mol. The molecule has 144 valence electrons. The molecule has 0 bridgehead atoms. The van der Waals surface area contributed by atoms with Crippen molar-refractivity contribution in [2.45, 2.75) is 11.3 Å².